The molecule has 2 aromatic heterocycles. The number of nitrogens with zero attached hydrogens (tertiary/aromatic N) is 5. The summed E-state index contributed by atoms with van der Waals surface area (Å²) in [5, 5.41) is 10.4. The Morgan fingerprint density at radius 2 is 1.95 bits per heavy atom. The van der Waals surface area contributed by atoms with Gasteiger partial charge >= 0.3 is 6.01 Å². The van der Waals surface area contributed by atoms with E-state index in [1.807, 2.05) is 34.0 Å². The summed E-state index contributed by atoms with van der Waals surface area (Å²) in [4.78, 5) is 12.7. The Morgan fingerprint density at radius 1 is 1.20 bits per heavy atom. The molecule has 0 aliphatic rings. The summed E-state index contributed by atoms with van der Waals surface area (Å²) >= 11 is 0. The van der Waals surface area contributed by atoms with E-state index < -0.39 is 0 Å². The van der Waals surface area contributed by atoms with Crippen LogP contribution in [0.3, 0.4) is 0 Å². The number of anilines is 3. The van der Waals surface area contributed by atoms with Crippen LogP contribution in [0.15, 0.2) is 6.20 Å². The maximum absolute atomic E-state index is 5.34. The fourth-order valence-corrected chi connectivity index (χ4v) is 1.69. The van der Waals surface area contributed by atoms with Gasteiger partial charge in [0.05, 0.1) is 18.0 Å². The molecule has 2 heterocycles. The van der Waals surface area contributed by atoms with Gasteiger partial charge in [0.25, 0.3) is 0 Å². The summed E-state index contributed by atoms with van der Waals surface area (Å²) in [6.45, 7) is 7.00. The third kappa shape index (κ3) is 3.34. The van der Waals surface area contributed by atoms with Crippen molar-refractivity contribution in [2.75, 3.05) is 23.8 Å². The van der Waals surface area contributed by atoms with Crippen LogP contribution >= 0.6 is 0 Å². The lowest BCUT2D eigenvalue weighted by molar-refractivity contribution is 0.312. The quantitative estimate of drug-likeness (QED) is 0.826. The molecule has 0 aromatic carbocycles. The molecule has 8 nitrogen and oxygen atoms in total. The van der Waals surface area contributed by atoms with Crippen molar-refractivity contribution in [1.82, 2.24) is 24.7 Å². The van der Waals surface area contributed by atoms with Gasteiger partial charge in [-0.1, -0.05) is 0 Å². The molecule has 2 aromatic rings. The van der Waals surface area contributed by atoms with Gasteiger partial charge in [0.1, 0.15) is 0 Å². The fraction of sp³-hybridized carbons (Fsp3) is 0.500. The number of hydrogen-bond acceptors (Lipinski definition) is 7. The zero-order chi connectivity index (χ0) is 14.5. The number of aromatic nitrogens is 5. The van der Waals surface area contributed by atoms with E-state index in [0.717, 1.165) is 17.9 Å². The third-order valence-corrected chi connectivity index (χ3v) is 2.48. The zero-order valence-electron chi connectivity index (χ0n) is 12.1. The van der Waals surface area contributed by atoms with Gasteiger partial charge < -0.3 is 15.4 Å². The maximum atomic E-state index is 5.34. The second-order valence-electron chi connectivity index (χ2n) is 4.16. The summed E-state index contributed by atoms with van der Waals surface area (Å²) in [5.41, 5.74) is 1.72. The SMILES string of the molecule is CCNc1nc(Nc2cn(C)nc2C)nc(OCC)n1. The topological polar surface area (TPSA) is 89.8 Å². The van der Waals surface area contributed by atoms with Crippen molar-refractivity contribution < 1.29 is 4.74 Å². The van der Waals surface area contributed by atoms with Crippen LogP contribution in [0.2, 0.25) is 0 Å². The van der Waals surface area contributed by atoms with Crippen molar-refractivity contribution in [3.63, 3.8) is 0 Å². The molecule has 20 heavy (non-hydrogen) atoms. The minimum absolute atomic E-state index is 0.294. The summed E-state index contributed by atoms with van der Waals surface area (Å²) in [6.07, 6.45) is 1.87. The van der Waals surface area contributed by atoms with Crippen molar-refractivity contribution in [1.29, 1.82) is 0 Å². The van der Waals surface area contributed by atoms with E-state index in [2.05, 4.69) is 30.7 Å². The molecule has 2 N–H and O–H groups in total. The summed E-state index contributed by atoms with van der Waals surface area (Å²) < 4.78 is 7.07. The van der Waals surface area contributed by atoms with Gasteiger partial charge in [0.2, 0.25) is 11.9 Å². The van der Waals surface area contributed by atoms with Gasteiger partial charge in [0.15, 0.2) is 0 Å². The van der Waals surface area contributed by atoms with E-state index in [0.29, 0.717) is 24.5 Å². The lowest BCUT2D eigenvalue weighted by Gasteiger charge is -2.08. The molecule has 0 unspecified atom stereocenters. The van der Waals surface area contributed by atoms with Gasteiger partial charge in [-0.05, 0) is 20.8 Å². The second-order valence-corrected chi connectivity index (χ2v) is 4.16. The van der Waals surface area contributed by atoms with Gasteiger partial charge in [0, 0.05) is 19.8 Å². The van der Waals surface area contributed by atoms with E-state index in [4.69, 9.17) is 4.74 Å². The molecule has 2 rings (SSSR count). The molecular weight excluding hydrogens is 258 g/mol. The average molecular weight is 277 g/mol. The fourth-order valence-electron chi connectivity index (χ4n) is 1.69. The molecular formula is C12H19N7O. The predicted molar refractivity (Wildman–Crippen MR) is 76.4 cm³/mol. The number of rotatable bonds is 6. The molecule has 0 atom stereocenters. The number of nitrogens with one attached hydrogen (secondary N) is 2. The summed E-state index contributed by atoms with van der Waals surface area (Å²) in [7, 11) is 1.86. The highest BCUT2D eigenvalue weighted by Crippen LogP contribution is 2.18. The predicted octanol–water partition coefficient (Wildman–Crippen LogP) is 1.49. The number of aryl methyl sites for hydroxylation is 2. The standard InChI is InChI=1S/C12H19N7O/c1-5-13-10-15-11(17-12(16-10)20-6-2)14-9-7-19(4)18-8(9)3/h7H,5-6H2,1-4H3,(H2,13,14,15,16,17). The van der Waals surface area contributed by atoms with Crippen LogP contribution in [0.4, 0.5) is 17.6 Å². The number of ether oxygens (including phenoxy) is 1. The van der Waals surface area contributed by atoms with Crippen LogP contribution in [0.25, 0.3) is 0 Å². The van der Waals surface area contributed by atoms with E-state index in [-0.39, 0.29) is 0 Å². The Bertz CT molecular complexity index is 557. The van der Waals surface area contributed by atoms with E-state index >= 15 is 0 Å². The van der Waals surface area contributed by atoms with Gasteiger partial charge in [-0.2, -0.15) is 20.1 Å². The highest BCUT2D eigenvalue weighted by atomic mass is 16.5. The Balaban J connectivity index is 2.27. The maximum Gasteiger partial charge on any atom is 0.323 e. The first-order valence-electron chi connectivity index (χ1n) is 6.52. The van der Waals surface area contributed by atoms with Crippen LogP contribution in [0.5, 0.6) is 6.01 Å². The monoisotopic (exact) mass is 277 g/mol. The molecule has 0 radical (unpaired) electrons. The van der Waals surface area contributed by atoms with Crippen LogP contribution in [0.1, 0.15) is 19.5 Å². The highest BCUT2D eigenvalue weighted by molar-refractivity contribution is 5.55. The Hall–Kier alpha value is -2.38. The Kier molecular flexibility index (Phi) is 4.34. The van der Waals surface area contributed by atoms with Gasteiger partial charge in [-0.25, -0.2) is 0 Å². The smallest absolute Gasteiger partial charge is 0.323 e. The van der Waals surface area contributed by atoms with E-state index in [1.165, 1.54) is 0 Å². The lowest BCUT2D eigenvalue weighted by atomic mass is 10.4. The largest absolute Gasteiger partial charge is 0.464 e. The van der Waals surface area contributed by atoms with Gasteiger partial charge in [-0.15, -0.1) is 0 Å². The molecule has 0 bridgehead atoms. The average Bonchev–Trinajstić information content (AvgIpc) is 2.68. The van der Waals surface area contributed by atoms with Crippen LogP contribution in [0, 0.1) is 6.92 Å². The molecule has 0 amide bonds. The van der Waals surface area contributed by atoms with E-state index in [9.17, 15) is 0 Å². The minimum Gasteiger partial charge on any atom is -0.464 e. The normalized spacial score (nSPS) is 10.4. The molecule has 108 valence electrons. The third-order valence-electron chi connectivity index (χ3n) is 2.48. The van der Waals surface area contributed by atoms with Crippen LogP contribution in [-0.4, -0.2) is 37.9 Å². The molecule has 0 fully saturated rings. The van der Waals surface area contributed by atoms with Crippen molar-refractivity contribution >= 4 is 17.6 Å². The zero-order valence-corrected chi connectivity index (χ0v) is 12.1. The first kappa shape index (κ1) is 14.0. The molecule has 0 aliphatic heterocycles. The van der Waals surface area contributed by atoms with Crippen molar-refractivity contribution in [3.8, 4) is 6.01 Å². The molecule has 8 heteroatoms. The van der Waals surface area contributed by atoms with E-state index in [1.54, 1.807) is 4.68 Å². The Morgan fingerprint density at radius 3 is 2.55 bits per heavy atom. The first-order valence-corrected chi connectivity index (χ1v) is 6.52. The molecule has 0 saturated carbocycles. The van der Waals surface area contributed by atoms with Crippen LogP contribution < -0.4 is 15.4 Å². The molecule has 0 spiro atoms. The van der Waals surface area contributed by atoms with Crippen molar-refractivity contribution in [2.24, 2.45) is 7.05 Å². The van der Waals surface area contributed by atoms with Gasteiger partial charge in [-0.3, -0.25) is 4.68 Å². The second kappa shape index (κ2) is 6.18. The molecule has 0 aliphatic carbocycles. The van der Waals surface area contributed by atoms with Crippen LogP contribution in [-0.2, 0) is 7.05 Å². The van der Waals surface area contributed by atoms with Crippen molar-refractivity contribution in [2.45, 2.75) is 20.8 Å². The lowest BCUT2D eigenvalue weighted by Crippen LogP contribution is -2.09. The number of hydrogen-bond donors (Lipinski definition) is 2. The highest BCUT2D eigenvalue weighted by Gasteiger charge is 2.09. The summed E-state index contributed by atoms with van der Waals surface area (Å²) in [6, 6.07) is 0.294. The van der Waals surface area contributed by atoms with Crippen molar-refractivity contribution in [3.05, 3.63) is 11.9 Å². The first-order chi connectivity index (χ1) is 9.62. The minimum atomic E-state index is 0.294. The Labute approximate surface area is 117 Å². The summed E-state index contributed by atoms with van der Waals surface area (Å²) in [5.74, 6) is 0.908. The molecule has 0 saturated heterocycles.